The van der Waals surface area contributed by atoms with Gasteiger partial charge in [0.05, 0.1) is 28.3 Å². The van der Waals surface area contributed by atoms with Crippen molar-refractivity contribution in [2.75, 3.05) is 0 Å². The van der Waals surface area contributed by atoms with E-state index in [1.807, 2.05) is 6.20 Å². The van der Waals surface area contributed by atoms with Crippen molar-refractivity contribution in [2.45, 2.75) is 19.3 Å². The molecule has 1 aliphatic rings. The molecule has 0 fully saturated rings. The number of benzene rings is 6. The molecule has 1 aliphatic carbocycles. The van der Waals surface area contributed by atoms with E-state index in [9.17, 15) is 0 Å². The summed E-state index contributed by atoms with van der Waals surface area (Å²) >= 11 is 0. The van der Waals surface area contributed by atoms with Gasteiger partial charge in [-0.3, -0.25) is 9.55 Å². The first kappa shape index (κ1) is 21.9. The molecule has 0 atom stereocenters. The number of nitrogens with zero attached hydrogens (tertiary/aromatic N) is 3. The molecule has 40 heavy (non-hydrogen) atoms. The molecule has 0 aliphatic heterocycles. The highest BCUT2D eigenvalue weighted by Gasteiger charge is 2.36. The zero-order valence-corrected chi connectivity index (χ0v) is 22.3. The lowest BCUT2D eigenvalue weighted by molar-refractivity contribution is 0.661. The van der Waals surface area contributed by atoms with Crippen LogP contribution in [0.15, 0.2) is 115 Å². The third-order valence-electron chi connectivity index (χ3n) is 9.02. The van der Waals surface area contributed by atoms with Crippen molar-refractivity contribution in [1.82, 2.24) is 14.5 Å². The molecule has 2 heterocycles. The fourth-order valence-electron chi connectivity index (χ4n) is 7.13. The molecule has 2 aromatic heterocycles. The van der Waals surface area contributed by atoms with Crippen LogP contribution in [-0.4, -0.2) is 14.5 Å². The van der Waals surface area contributed by atoms with Gasteiger partial charge in [0.15, 0.2) is 5.82 Å². The summed E-state index contributed by atoms with van der Waals surface area (Å²) in [6.07, 6.45) is 1.95. The lowest BCUT2D eigenvalue weighted by Crippen LogP contribution is -2.15. The molecule has 0 saturated heterocycles. The van der Waals surface area contributed by atoms with E-state index in [-0.39, 0.29) is 5.41 Å². The van der Waals surface area contributed by atoms with Crippen LogP contribution in [0.4, 0.5) is 0 Å². The van der Waals surface area contributed by atoms with Crippen molar-refractivity contribution in [3.63, 3.8) is 0 Å². The fraction of sp³-hybridized carbons (Fsp3) is 0.0811. The normalized spacial score (nSPS) is 13.9. The summed E-state index contributed by atoms with van der Waals surface area (Å²) in [6, 6.07) is 39.4. The van der Waals surface area contributed by atoms with Crippen molar-refractivity contribution in [2.24, 2.45) is 0 Å². The summed E-state index contributed by atoms with van der Waals surface area (Å²) in [4.78, 5) is 10.4. The van der Waals surface area contributed by atoms with Crippen LogP contribution in [-0.2, 0) is 5.41 Å². The van der Waals surface area contributed by atoms with Crippen molar-refractivity contribution in [1.29, 1.82) is 0 Å². The van der Waals surface area contributed by atoms with Gasteiger partial charge in [0.2, 0.25) is 0 Å². The molecular formula is C37H25N3. The van der Waals surface area contributed by atoms with Crippen LogP contribution >= 0.6 is 0 Å². The molecule has 0 spiro atoms. The van der Waals surface area contributed by atoms with Crippen LogP contribution < -0.4 is 0 Å². The van der Waals surface area contributed by atoms with E-state index in [1.54, 1.807) is 0 Å². The summed E-state index contributed by atoms with van der Waals surface area (Å²) in [5.74, 6) is 0.840. The minimum Gasteiger partial charge on any atom is -0.292 e. The largest absolute Gasteiger partial charge is 0.292 e. The molecule has 9 rings (SSSR count). The predicted octanol–water partition coefficient (Wildman–Crippen LogP) is 9.34. The SMILES string of the molecule is CC1(C)c2ccccc2-c2cc3c4ccccc4n(-c4cnc5c6ccccc6c6ccccc6c5n4)c3cc21. The third kappa shape index (κ3) is 2.69. The van der Waals surface area contributed by atoms with Crippen molar-refractivity contribution < 1.29 is 0 Å². The Hall–Kier alpha value is -5.02. The van der Waals surface area contributed by atoms with E-state index in [0.29, 0.717) is 0 Å². The van der Waals surface area contributed by atoms with E-state index >= 15 is 0 Å². The fourth-order valence-corrected chi connectivity index (χ4v) is 7.13. The highest BCUT2D eigenvalue weighted by atomic mass is 15.1. The van der Waals surface area contributed by atoms with Gasteiger partial charge in [-0.25, -0.2) is 4.98 Å². The number of hydrogen-bond donors (Lipinski definition) is 0. The lowest BCUT2D eigenvalue weighted by atomic mass is 9.82. The Kier molecular flexibility index (Phi) is 4.13. The summed E-state index contributed by atoms with van der Waals surface area (Å²) in [6.45, 7) is 4.67. The maximum Gasteiger partial charge on any atom is 0.156 e. The molecule has 6 aromatic carbocycles. The van der Waals surface area contributed by atoms with Crippen LogP contribution in [0.25, 0.3) is 71.3 Å². The summed E-state index contributed by atoms with van der Waals surface area (Å²) in [5.41, 5.74) is 9.52. The van der Waals surface area contributed by atoms with Gasteiger partial charge < -0.3 is 0 Å². The number of aromatic nitrogens is 3. The third-order valence-corrected chi connectivity index (χ3v) is 9.02. The Morgan fingerprint density at radius 2 is 1.15 bits per heavy atom. The molecule has 188 valence electrons. The van der Waals surface area contributed by atoms with E-state index < -0.39 is 0 Å². The molecule has 0 amide bonds. The molecule has 0 bridgehead atoms. The maximum absolute atomic E-state index is 5.37. The van der Waals surface area contributed by atoms with E-state index in [1.165, 1.54) is 49.3 Å². The van der Waals surface area contributed by atoms with Gasteiger partial charge in [-0.1, -0.05) is 105 Å². The van der Waals surface area contributed by atoms with E-state index in [2.05, 4.69) is 128 Å². The molecule has 8 aromatic rings. The van der Waals surface area contributed by atoms with Gasteiger partial charge in [0.25, 0.3) is 0 Å². The van der Waals surface area contributed by atoms with Crippen LogP contribution in [0.1, 0.15) is 25.0 Å². The van der Waals surface area contributed by atoms with Gasteiger partial charge in [0, 0.05) is 27.0 Å². The topological polar surface area (TPSA) is 30.7 Å². The zero-order chi connectivity index (χ0) is 26.6. The van der Waals surface area contributed by atoms with E-state index in [4.69, 9.17) is 9.97 Å². The molecule has 3 nitrogen and oxygen atoms in total. The summed E-state index contributed by atoms with van der Waals surface area (Å²) < 4.78 is 2.31. The van der Waals surface area contributed by atoms with Crippen molar-refractivity contribution in [3.05, 3.63) is 127 Å². The molecule has 0 N–H and O–H groups in total. The van der Waals surface area contributed by atoms with Gasteiger partial charge >= 0.3 is 0 Å². The first-order valence-corrected chi connectivity index (χ1v) is 13.9. The van der Waals surface area contributed by atoms with Crippen LogP contribution in [0.5, 0.6) is 0 Å². The summed E-state index contributed by atoms with van der Waals surface area (Å²) in [7, 11) is 0. The van der Waals surface area contributed by atoms with Gasteiger partial charge in [-0.05, 0) is 51.2 Å². The Balaban J connectivity index is 1.41. The first-order chi connectivity index (χ1) is 19.6. The van der Waals surface area contributed by atoms with Gasteiger partial charge in [-0.15, -0.1) is 0 Å². The zero-order valence-electron chi connectivity index (χ0n) is 22.3. The standard InChI is InChI=1S/C37H25N3/c1-37(2)30-17-9-7-13-24(30)28-19-29-25-14-8-10-18-32(25)40(33(29)20-31(28)37)34-21-38-35-26-15-5-3-11-22(26)23-12-4-6-16-27(23)36(35)39-34/h3-21H,1-2H3. The minimum absolute atomic E-state index is 0.0778. The molecule has 0 radical (unpaired) electrons. The minimum atomic E-state index is -0.0778. The van der Waals surface area contributed by atoms with Crippen molar-refractivity contribution >= 4 is 54.4 Å². The summed E-state index contributed by atoms with van der Waals surface area (Å²) in [5, 5.41) is 7.15. The van der Waals surface area contributed by atoms with E-state index in [0.717, 1.165) is 33.1 Å². The predicted molar refractivity (Wildman–Crippen MR) is 166 cm³/mol. The number of hydrogen-bond acceptors (Lipinski definition) is 2. The highest BCUT2D eigenvalue weighted by Crippen LogP contribution is 2.50. The number of para-hydroxylation sites is 1. The van der Waals surface area contributed by atoms with Crippen LogP contribution in [0, 0.1) is 0 Å². The Labute approximate surface area is 231 Å². The smallest absolute Gasteiger partial charge is 0.156 e. The molecule has 0 saturated carbocycles. The highest BCUT2D eigenvalue weighted by molar-refractivity contribution is 6.23. The van der Waals surface area contributed by atoms with Gasteiger partial charge in [-0.2, -0.15) is 0 Å². The second-order valence-corrected chi connectivity index (χ2v) is 11.5. The maximum atomic E-state index is 5.37. The Morgan fingerprint density at radius 1 is 0.525 bits per heavy atom. The number of rotatable bonds is 1. The average molecular weight is 512 g/mol. The van der Waals surface area contributed by atoms with Crippen LogP contribution in [0.2, 0.25) is 0 Å². The van der Waals surface area contributed by atoms with Crippen LogP contribution in [0.3, 0.4) is 0 Å². The molecule has 3 heteroatoms. The average Bonchev–Trinajstić information content (AvgIpc) is 3.45. The quantitative estimate of drug-likeness (QED) is 0.206. The Morgan fingerprint density at radius 3 is 1.93 bits per heavy atom. The van der Waals surface area contributed by atoms with Gasteiger partial charge in [0.1, 0.15) is 0 Å². The van der Waals surface area contributed by atoms with Crippen molar-refractivity contribution in [3.8, 4) is 16.9 Å². The second kappa shape index (κ2) is 7.55. The Bertz CT molecular complexity index is 2320. The number of fused-ring (bicyclic) bond motifs is 12. The monoisotopic (exact) mass is 511 g/mol. The lowest BCUT2D eigenvalue weighted by Gasteiger charge is -2.21. The molecule has 0 unspecified atom stereocenters. The molecular weight excluding hydrogens is 486 g/mol. The first-order valence-electron chi connectivity index (χ1n) is 13.9. The second-order valence-electron chi connectivity index (χ2n) is 11.5.